The highest BCUT2D eigenvalue weighted by molar-refractivity contribution is 5.33. The van der Waals surface area contributed by atoms with Crippen molar-refractivity contribution in [2.45, 2.75) is 20.0 Å². The monoisotopic (exact) mass is 206 g/mol. The van der Waals surface area contributed by atoms with Crippen LogP contribution in [0.2, 0.25) is 0 Å². The molecule has 1 atom stereocenters. The highest BCUT2D eigenvalue weighted by Gasteiger charge is 2.20. The van der Waals surface area contributed by atoms with Crippen LogP contribution in [0.25, 0.3) is 0 Å². The van der Waals surface area contributed by atoms with E-state index in [1.165, 1.54) is 0 Å². The molecule has 0 aromatic carbocycles. The Bertz CT molecular complexity index is 457. The minimum Gasteiger partial charge on any atom is -0.472 e. The first-order chi connectivity index (χ1) is 7.11. The molecule has 4 nitrogen and oxygen atoms in total. The smallest absolute Gasteiger partial charge is 0.111 e. The lowest BCUT2D eigenvalue weighted by Crippen LogP contribution is -2.01. The molecule has 0 radical (unpaired) electrons. The zero-order chi connectivity index (χ0) is 11.0. The molecule has 0 saturated heterocycles. The number of hydrogen-bond acceptors (Lipinski definition) is 3. The number of aliphatic hydroxyl groups is 1. The summed E-state index contributed by atoms with van der Waals surface area (Å²) >= 11 is 0. The quantitative estimate of drug-likeness (QED) is 0.813. The predicted molar refractivity (Wildman–Crippen MR) is 55.5 cm³/mol. The predicted octanol–water partition coefficient (Wildman–Crippen LogP) is 1.71. The van der Waals surface area contributed by atoms with Crippen molar-refractivity contribution >= 4 is 0 Å². The van der Waals surface area contributed by atoms with Crippen LogP contribution in [0.4, 0.5) is 0 Å². The lowest BCUT2D eigenvalue weighted by Gasteiger charge is -2.08. The summed E-state index contributed by atoms with van der Waals surface area (Å²) in [6.07, 6.45) is 2.45. The Hall–Kier alpha value is -1.55. The van der Waals surface area contributed by atoms with Crippen LogP contribution in [0.3, 0.4) is 0 Å². The van der Waals surface area contributed by atoms with Crippen LogP contribution in [0.5, 0.6) is 0 Å². The average molecular weight is 206 g/mol. The fraction of sp³-hybridized carbons (Fsp3) is 0.364. The van der Waals surface area contributed by atoms with Crippen molar-refractivity contribution in [2.24, 2.45) is 7.05 Å². The number of aromatic nitrogens is 2. The Morgan fingerprint density at radius 2 is 2.20 bits per heavy atom. The van der Waals surface area contributed by atoms with E-state index in [0.29, 0.717) is 0 Å². The molecule has 0 fully saturated rings. The second-order valence-electron chi connectivity index (χ2n) is 3.67. The maximum Gasteiger partial charge on any atom is 0.111 e. The van der Waals surface area contributed by atoms with Crippen LogP contribution >= 0.6 is 0 Å². The molecule has 2 aromatic heterocycles. The summed E-state index contributed by atoms with van der Waals surface area (Å²) in [5.74, 6) is 0. The van der Waals surface area contributed by atoms with Gasteiger partial charge in [0.25, 0.3) is 0 Å². The molecule has 0 aliphatic rings. The maximum absolute atomic E-state index is 10.1. The van der Waals surface area contributed by atoms with E-state index < -0.39 is 6.10 Å². The number of aliphatic hydroxyl groups excluding tert-OH is 1. The van der Waals surface area contributed by atoms with Gasteiger partial charge in [0, 0.05) is 23.9 Å². The summed E-state index contributed by atoms with van der Waals surface area (Å²) in [7, 11) is 1.87. The van der Waals surface area contributed by atoms with Gasteiger partial charge in [-0.1, -0.05) is 0 Å². The lowest BCUT2D eigenvalue weighted by atomic mass is 10.0. The Kier molecular flexibility index (Phi) is 2.36. The molecule has 0 aliphatic heterocycles. The van der Waals surface area contributed by atoms with E-state index in [9.17, 15) is 5.11 Å². The minimum absolute atomic E-state index is 0.655. The summed E-state index contributed by atoms with van der Waals surface area (Å²) in [6.45, 7) is 3.84. The fourth-order valence-electron chi connectivity index (χ4n) is 1.78. The minimum atomic E-state index is -0.655. The first kappa shape index (κ1) is 9.98. The standard InChI is InChI=1S/C11H14N2O2/c1-7-10(8(2)13(3)12-7)11(14)9-4-5-15-6-9/h4-6,11,14H,1-3H3. The van der Waals surface area contributed by atoms with Gasteiger partial charge in [-0.2, -0.15) is 5.10 Å². The van der Waals surface area contributed by atoms with E-state index in [2.05, 4.69) is 5.10 Å². The van der Waals surface area contributed by atoms with Crippen molar-refractivity contribution in [1.29, 1.82) is 0 Å². The van der Waals surface area contributed by atoms with Crippen molar-refractivity contribution in [1.82, 2.24) is 9.78 Å². The number of nitrogens with zero attached hydrogens (tertiary/aromatic N) is 2. The van der Waals surface area contributed by atoms with Gasteiger partial charge in [-0.15, -0.1) is 0 Å². The van der Waals surface area contributed by atoms with Gasteiger partial charge in [-0.05, 0) is 19.9 Å². The fourth-order valence-corrected chi connectivity index (χ4v) is 1.78. The summed E-state index contributed by atoms with van der Waals surface area (Å²) < 4.78 is 6.73. The molecule has 2 rings (SSSR count). The van der Waals surface area contributed by atoms with Crippen molar-refractivity contribution in [2.75, 3.05) is 0 Å². The number of rotatable bonds is 2. The second kappa shape index (κ2) is 3.55. The molecule has 1 unspecified atom stereocenters. The van der Waals surface area contributed by atoms with E-state index in [1.807, 2.05) is 20.9 Å². The molecular formula is C11H14N2O2. The Labute approximate surface area is 88.1 Å². The third-order valence-electron chi connectivity index (χ3n) is 2.70. The topological polar surface area (TPSA) is 51.2 Å². The van der Waals surface area contributed by atoms with Crippen LogP contribution in [0.1, 0.15) is 28.6 Å². The first-order valence-electron chi connectivity index (χ1n) is 4.81. The average Bonchev–Trinajstić information content (AvgIpc) is 2.76. The SMILES string of the molecule is Cc1nn(C)c(C)c1C(O)c1ccoc1. The summed E-state index contributed by atoms with van der Waals surface area (Å²) in [4.78, 5) is 0. The van der Waals surface area contributed by atoms with Crippen molar-refractivity contribution in [3.05, 3.63) is 41.1 Å². The number of aryl methyl sites for hydroxylation is 2. The van der Waals surface area contributed by atoms with Crippen LogP contribution in [-0.4, -0.2) is 14.9 Å². The molecule has 1 N–H and O–H groups in total. The van der Waals surface area contributed by atoms with E-state index in [1.54, 1.807) is 23.3 Å². The van der Waals surface area contributed by atoms with Gasteiger partial charge in [0.1, 0.15) is 6.10 Å². The molecule has 0 spiro atoms. The molecule has 0 amide bonds. The van der Waals surface area contributed by atoms with Crippen LogP contribution < -0.4 is 0 Å². The highest BCUT2D eigenvalue weighted by atomic mass is 16.3. The van der Waals surface area contributed by atoms with Gasteiger partial charge in [-0.3, -0.25) is 4.68 Å². The number of furan rings is 1. The lowest BCUT2D eigenvalue weighted by molar-refractivity contribution is 0.217. The highest BCUT2D eigenvalue weighted by Crippen LogP contribution is 2.27. The number of hydrogen-bond donors (Lipinski definition) is 1. The zero-order valence-electron chi connectivity index (χ0n) is 9.06. The second-order valence-corrected chi connectivity index (χ2v) is 3.67. The van der Waals surface area contributed by atoms with Crippen LogP contribution in [-0.2, 0) is 7.05 Å². The summed E-state index contributed by atoms with van der Waals surface area (Å²) in [5.41, 5.74) is 3.44. The molecule has 4 heteroatoms. The zero-order valence-corrected chi connectivity index (χ0v) is 9.06. The largest absolute Gasteiger partial charge is 0.472 e. The van der Waals surface area contributed by atoms with Gasteiger partial charge >= 0.3 is 0 Å². The molecule has 15 heavy (non-hydrogen) atoms. The van der Waals surface area contributed by atoms with Gasteiger partial charge in [0.2, 0.25) is 0 Å². The first-order valence-corrected chi connectivity index (χ1v) is 4.81. The third-order valence-corrected chi connectivity index (χ3v) is 2.70. The van der Waals surface area contributed by atoms with Gasteiger partial charge in [-0.25, -0.2) is 0 Å². The molecule has 0 saturated carbocycles. The van der Waals surface area contributed by atoms with Crippen LogP contribution in [0.15, 0.2) is 23.0 Å². The summed E-state index contributed by atoms with van der Waals surface area (Å²) in [6, 6.07) is 1.76. The molecule has 0 bridgehead atoms. The van der Waals surface area contributed by atoms with Crippen molar-refractivity contribution in [3.63, 3.8) is 0 Å². The maximum atomic E-state index is 10.1. The normalized spacial score (nSPS) is 13.1. The van der Waals surface area contributed by atoms with E-state index in [-0.39, 0.29) is 0 Å². The Balaban J connectivity index is 2.46. The van der Waals surface area contributed by atoms with Gasteiger partial charge < -0.3 is 9.52 Å². The van der Waals surface area contributed by atoms with E-state index >= 15 is 0 Å². The molecule has 0 aliphatic carbocycles. The van der Waals surface area contributed by atoms with Crippen molar-refractivity contribution < 1.29 is 9.52 Å². The van der Waals surface area contributed by atoms with Crippen molar-refractivity contribution in [3.8, 4) is 0 Å². The molecule has 2 aromatic rings. The summed E-state index contributed by atoms with van der Waals surface area (Å²) in [5, 5.41) is 14.4. The van der Waals surface area contributed by atoms with Gasteiger partial charge in [0.05, 0.1) is 18.2 Å². The van der Waals surface area contributed by atoms with Crippen LogP contribution in [0, 0.1) is 13.8 Å². The third kappa shape index (κ3) is 1.57. The van der Waals surface area contributed by atoms with E-state index in [0.717, 1.165) is 22.5 Å². The van der Waals surface area contributed by atoms with Gasteiger partial charge in [0.15, 0.2) is 0 Å². The van der Waals surface area contributed by atoms with E-state index in [4.69, 9.17) is 4.42 Å². The molecule has 2 heterocycles. The molecular weight excluding hydrogens is 192 g/mol. The molecule has 80 valence electrons. The Morgan fingerprint density at radius 1 is 1.47 bits per heavy atom. The Morgan fingerprint density at radius 3 is 2.67 bits per heavy atom.